The zero-order valence-electron chi connectivity index (χ0n) is 11.2. The predicted octanol–water partition coefficient (Wildman–Crippen LogP) is 3.63. The van der Waals surface area contributed by atoms with E-state index in [0.29, 0.717) is 13.2 Å². The second-order valence-electron chi connectivity index (χ2n) is 4.60. The summed E-state index contributed by atoms with van der Waals surface area (Å²) in [5.74, 6) is 2.43. The van der Waals surface area contributed by atoms with Gasteiger partial charge in [0.25, 0.3) is 0 Å². The standard InChI is InChI=1S/C15H15BrN2O2/c1-2-3-15-17-11(9-14(16)18-15)10-4-5-12-13(8-10)20-7-6-19-12/h4-5,8-9H,2-3,6-7H2,1H3. The maximum Gasteiger partial charge on any atom is 0.162 e. The predicted molar refractivity (Wildman–Crippen MR) is 80.2 cm³/mol. The first-order valence-corrected chi connectivity index (χ1v) is 7.49. The van der Waals surface area contributed by atoms with E-state index in [9.17, 15) is 0 Å². The Morgan fingerprint density at radius 2 is 1.90 bits per heavy atom. The highest BCUT2D eigenvalue weighted by atomic mass is 79.9. The van der Waals surface area contributed by atoms with Gasteiger partial charge in [-0.2, -0.15) is 0 Å². The molecule has 0 unspecified atom stereocenters. The largest absolute Gasteiger partial charge is 0.486 e. The number of hydrogen-bond donors (Lipinski definition) is 0. The van der Waals surface area contributed by atoms with Crippen LogP contribution < -0.4 is 9.47 Å². The zero-order chi connectivity index (χ0) is 13.9. The number of rotatable bonds is 3. The summed E-state index contributed by atoms with van der Waals surface area (Å²) in [6.45, 7) is 3.31. The van der Waals surface area contributed by atoms with E-state index in [1.165, 1.54) is 0 Å². The molecule has 0 bridgehead atoms. The van der Waals surface area contributed by atoms with Crippen LogP contribution in [0.25, 0.3) is 11.3 Å². The lowest BCUT2D eigenvalue weighted by atomic mass is 10.1. The van der Waals surface area contributed by atoms with Crippen LogP contribution >= 0.6 is 15.9 Å². The molecule has 0 radical (unpaired) electrons. The van der Waals surface area contributed by atoms with Gasteiger partial charge in [-0.05, 0) is 46.6 Å². The van der Waals surface area contributed by atoms with Crippen molar-refractivity contribution in [3.05, 3.63) is 34.7 Å². The van der Waals surface area contributed by atoms with Crippen molar-refractivity contribution in [2.45, 2.75) is 19.8 Å². The Morgan fingerprint density at radius 1 is 1.10 bits per heavy atom. The fourth-order valence-electron chi connectivity index (χ4n) is 2.15. The number of aromatic nitrogens is 2. The van der Waals surface area contributed by atoms with Gasteiger partial charge in [-0.25, -0.2) is 9.97 Å². The normalized spacial score (nSPS) is 13.3. The SMILES string of the molecule is CCCc1nc(Br)cc(-c2ccc3c(c2)OCCO3)n1. The van der Waals surface area contributed by atoms with Gasteiger partial charge in [-0.1, -0.05) is 6.92 Å². The van der Waals surface area contributed by atoms with E-state index in [4.69, 9.17) is 9.47 Å². The van der Waals surface area contributed by atoms with Crippen LogP contribution in [-0.2, 0) is 6.42 Å². The van der Waals surface area contributed by atoms with Gasteiger partial charge >= 0.3 is 0 Å². The molecule has 0 N–H and O–H groups in total. The quantitative estimate of drug-likeness (QED) is 0.804. The third kappa shape index (κ3) is 2.77. The molecule has 1 aliphatic rings. The topological polar surface area (TPSA) is 44.2 Å². The minimum atomic E-state index is 0.588. The Bertz CT molecular complexity index is 631. The van der Waals surface area contributed by atoms with Crippen LogP contribution in [0.1, 0.15) is 19.2 Å². The Morgan fingerprint density at radius 3 is 2.70 bits per heavy atom. The number of hydrogen-bond acceptors (Lipinski definition) is 4. The highest BCUT2D eigenvalue weighted by molar-refractivity contribution is 9.10. The fraction of sp³-hybridized carbons (Fsp3) is 0.333. The minimum Gasteiger partial charge on any atom is -0.486 e. The number of ether oxygens (including phenoxy) is 2. The monoisotopic (exact) mass is 334 g/mol. The van der Waals surface area contributed by atoms with Crippen molar-refractivity contribution >= 4 is 15.9 Å². The van der Waals surface area contributed by atoms with Gasteiger partial charge in [-0.3, -0.25) is 0 Å². The molecule has 0 amide bonds. The summed E-state index contributed by atoms with van der Waals surface area (Å²) in [4.78, 5) is 8.99. The lowest BCUT2D eigenvalue weighted by Gasteiger charge is -2.18. The summed E-state index contributed by atoms with van der Waals surface area (Å²) in [6, 6.07) is 7.82. The fourth-order valence-corrected chi connectivity index (χ4v) is 2.57. The van der Waals surface area contributed by atoms with E-state index in [-0.39, 0.29) is 0 Å². The average molecular weight is 335 g/mol. The maximum absolute atomic E-state index is 5.61. The van der Waals surface area contributed by atoms with Crippen molar-refractivity contribution in [3.63, 3.8) is 0 Å². The molecule has 104 valence electrons. The van der Waals surface area contributed by atoms with Gasteiger partial charge in [0.1, 0.15) is 23.6 Å². The van der Waals surface area contributed by atoms with E-state index < -0.39 is 0 Å². The molecule has 0 atom stereocenters. The molecule has 1 aromatic carbocycles. The number of aryl methyl sites for hydroxylation is 1. The van der Waals surface area contributed by atoms with E-state index in [1.807, 2.05) is 24.3 Å². The van der Waals surface area contributed by atoms with Crippen molar-refractivity contribution < 1.29 is 9.47 Å². The second kappa shape index (κ2) is 5.79. The summed E-state index contributed by atoms with van der Waals surface area (Å²) in [7, 11) is 0. The zero-order valence-corrected chi connectivity index (χ0v) is 12.8. The molecule has 0 saturated carbocycles. The highest BCUT2D eigenvalue weighted by Crippen LogP contribution is 2.34. The molecule has 1 aromatic heterocycles. The highest BCUT2D eigenvalue weighted by Gasteiger charge is 2.13. The molecule has 0 fully saturated rings. The van der Waals surface area contributed by atoms with Gasteiger partial charge < -0.3 is 9.47 Å². The van der Waals surface area contributed by atoms with Crippen molar-refractivity contribution in [1.82, 2.24) is 9.97 Å². The van der Waals surface area contributed by atoms with Crippen LogP contribution in [0, 0.1) is 0 Å². The molecule has 3 rings (SSSR count). The van der Waals surface area contributed by atoms with E-state index >= 15 is 0 Å². The minimum absolute atomic E-state index is 0.588. The lowest BCUT2D eigenvalue weighted by Crippen LogP contribution is -2.15. The summed E-state index contributed by atoms with van der Waals surface area (Å²) in [5.41, 5.74) is 1.90. The average Bonchev–Trinajstić information content (AvgIpc) is 2.46. The van der Waals surface area contributed by atoms with Crippen LogP contribution in [0.5, 0.6) is 11.5 Å². The van der Waals surface area contributed by atoms with E-state index in [2.05, 4.69) is 32.8 Å². The third-order valence-corrected chi connectivity index (χ3v) is 3.46. The summed E-state index contributed by atoms with van der Waals surface area (Å²) >= 11 is 3.45. The van der Waals surface area contributed by atoms with Crippen LogP contribution in [0.3, 0.4) is 0 Å². The molecule has 0 spiro atoms. The van der Waals surface area contributed by atoms with Crippen molar-refractivity contribution in [1.29, 1.82) is 0 Å². The van der Waals surface area contributed by atoms with Gasteiger partial charge in [0.05, 0.1) is 5.69 Å². The molecular formula is C15H15BrN2O2. The first kappa shape index (κ1) is 13.4. The molecule has 0 saturated heterocycles. The molecule has 1 aliphatic heterocycles. The van der Waals surface area contributed by atoms with Crippen LogP contribution in [0.4, 0.5) is 0 Å². The molecular weight excluding hydrogens is 320 g/mol. The Kier molecular flexibility index (Phi) is 3.87. The third-order valence-electron chi connectivity index (χ3n) is 3.05. The van der Waals surface area contributed by atoms with Gasteiger partial charge in [0, 0.05) is 12.0 Å². The molecule has 0 aliphatic carbocycles. The van der Waals surface area contributed by atoms with E-state index in [1.54, 1.807) is 0 Å². The summed E-state index contributed by atoms with van der Waals surface area (Å²) in [6.07, 6.45) is 1.90. The Hall–Kier alpha value is -1.62. The molecule has 5 heteroatoms. The van der Waals surface area contributed by atoms with Gasteiger partial charge in [-0.15, -0.1) is 0 Å². The van der Waals surface area contributed by atoms with E-state index in [0.717, 1.165) is 46.0 Å². The second-order valence-corrected chi connectivity index (χ2v) is 5.41. The number of nitrogens with zero attached hydrogens (tertiary/aromatic N) is 2. The van der Waals surface area contributed by atoms with Crippen LogP contribution in [0.15, 0.2) is 28.9 Å². The van der Waals surface area contributed by atoms with Crippen molar-refractivity contribution in [3.8, 4) is 22.8 Å². The molecule has 2 heterocycles. The van der Waals surface area contributed by atoms with Crippen molar-refractivity contribution in [2.24, 2.45) is 0 Å². The van der Waals surface area contributed by atoms with Crippen molar-refractivity contribution in [2.75, 3.05) is 13.2 Å². The Balaban J connectivity index is 1.99. The van der Waals surface area contributed by atoms with Gasteiger partial charge in [0.15, 0.2) is 11.5 Å². The Labute approximate surface area is 126 Å². The summed E-state index contributed by atoms with van der Waals surface area (Å²) < 4.78 is 12.0. The number of benzene rings is 1. The van der Waals surface area contributed by atoms with Crippen LogP contribution in [-0.4, -0.2) is 23.2 Å². The molecule has 20 heavy (non-hydrogen) atoms. The number of fused-ring (bicyclic) bond motifs is 1. The molecule has 4 nitrogen and oxygen atoms in total. The maximum atomic E-state index is 5.61. The smallest absolute Gasteiger partial charge is 0.162 e. The van der Waals surface area contributed by atoms with Crippen LogP contribution in [0.2, 0.25) is 0 Å². The lowest BCUT2D eigenvalue weighted by molar-refractivity contribution is 0.171. The summed E-state index contributed by atoms with van der Waals surface area (Å²) in [5, 5.41) is 0. The first-order chi connectivity index (χ1) is 9.76. The number of halogens is 1. The molecule has 2 aromatic rings. The van der Waals surface area contributed by atoms with Gasteiger partial charge in [0.2, 0.25) is 0 Å². The first-order valence-electron chi connectivity index (χ1n) is 6.70.